The molecule has 1 saturated carbocycles. The summed E-state index contributed by atoms with van der Waals surface area (Å²) in [4.78, 5) is 0. The molecule has 2 rings (SSSR count). The van der Waals surface area contributed by atoms with Gasteiger partial charge in [0.2, 0.25) is 0 Å². The van der Waals surface area contributed by atoms with Crippen LogP contribution in [0.2, 0.25) is 0 Å². The van der Waals surface area contributed by atoms with Crippen molar-refractivity contribution in [3.05, 3.63) is 29.8 Å². The molecule has 0 aliphatic heterocycles. The molecule has 0 heterocycles. The molecule has 2 N–H and O–H groups in total. The monoisotopic (exact) mass is 301 g/mol. The number of methoxy groups -OCH3 is 1. The lowest BCUT2D eigenvalue weighted by Gasteiger charge is -2.36. The highest BCUT2D eigenvalue weighted by Gasteiger charge is 2.47. The van der Waals surface area contributed by atoms with Crippen molar-refractivity contribution in [3.8, 4) is 5.75 Å². The molecule has 1 fully saturated rings. The van der Waals surface area contributed by atoms with E-state index in [1.54, 1.807) is 7.11 Å². The Kier molecular flexibility index (Phi) is 5.14. The molecule has 1 aliphatic carbocycles. The first-order chi connectivity index (χ1) is 9.93. The Labute approximate surface area is 123 Å². The maximum Gasteiger partial charge on any atom is 0.392 e. The van der Waals surface area contributed by atoms with Gasteiger partial charge >= 0.3 is 6.18 Å². The zero-order valence-corrected chi connectivity index (χ0v) is 12.2. The predicted molar refractivity (Wildman–Crippen MR) is 76.2 cm³/mol. The Morgan fingerprint density at radius 1 is 1.24 bits per heavy atom. The fraction of sp³-hybridized carbons (Fsp3) is 0.625. The van der Waals surface area contributed by atoms with E-state index < -0.39 is 24.1 Å². The molecule has 0 saturated heterocycles. The Balaban J connectivity index is 2.12. The van der Waals surface area contributed by atoms with Crippen LogP contribution in [0.4, 0.5) is 13.2 Å². The first kappa shape index (κ1) is 16.1. The molecule has 0 spiro atoms. The van der Waals surface area contributed by atoms with Crippen LogP contribution in [0.3, 0.4) is 0 Å². The average Bonchev–Trinajstić information content (AvgIpc) is 2.47. The van der Waals surface area contributed by atoms with Crippen LogP contribution in [0.25, 0.3) is 0 Å². The number of nitrogens with two attached hydrogens (primary N) is 1. The van der Waals surface area contributed by atoms with E-state index in [2.05, 4.69) is 0 Å². The van der Waals surface area contributed by atoms with E-state index in [-0.39, 0.29) is 6.42 Å². The first-order valence-electron chi connectivity index (χ1n) is 7.37. The van der Waals surface area contributed by atoms with E-state index >= 15 is 0 Å². The Morgan fingerprint density at radius 2 is 1.90 bits per heavy atom. The highest BCUT2D eigenvalue weighted by Crippen LogP contribution is 2.43. The molecule has 1 aromatic rings. The smallest absolute Gasteiger partial charge is 0.392 e. The van der Waals surface area contributed by atoms with Gasteiger partial charge in [-0.25, -0.2) is 0 Å². The highest BCUT2D eigenvalue weighted by molar-refractivity contribution is 5.33. The van der Waals surface area contributed by atoms with Crippen LogP contribution in [0.5, 0.6) is 5.75 Å². The Bertz CT molecular complexity index is 461. The van der Waals surface area contributed by atoms with Crippen molar-refractivity contribution in [2.45, 2.75) is 44.3 Å². The van der Waals surface area contributed by atoms with Gasteiger partial charge in [0, 0.05) is 6.04 Å². The van der Waals surface area contributed by atoms with E-state index in [0.717, 1.165) is 12.0 Å². The van der Waals surface area contributed by atoms with Crippen LogP contribution in [-0.2, 0) is 6.42 Å². The van der Waals surface area contributed by atoms with Crippen molar-refractivity contribution in [2.24, 2.45) is 17.6 Å². The molecule has 3 unspecified atom stereocenters. The molecule has 0 bridgehead atoms. The van der Waals surface area contributed by atoms with Gasteiger partial charge < -0.3 is 10.5 Å². The summed E-state index contributed by atoms with van der Waals surface area (Å²) in [5.41, 5.74) is 7.01. The molecule has 1 aliphatic rings. The largest absolute Gasteiger partial charge is 0.496 e. The Hall–Kier alpha value is -1.23. The SMILES string of the molecule is COc1ccccc1CC(N)C1CCCCC1C(F)(F)F. The molecule has 0 radical (unpaired) electrons. The lowest BCUT2D eigenvalue weighted by molar-refractivity contribution is -0.198. The molecule has 1 aromatic carbocycles. The fourth-order valence-corrected chi connectivity index (χ4v) is 3.36. The van der Waals surface area contributed by atoms with E-state index in [9.17, 15) is 13.2 Å². The van der Waals surface area contributed by atoms with E-state index in [1.165, 1.54) is 0 Å². The van der Waals surface area contributed by atoms with Gasteiger partial charge in [-0.1, -0.05) is 31.0 Å². The number of ether oxygens (including phenoxy) is 1. The third-order valence-electron chi connectivity index (χ3n) is 4.44. The number of halogens is 3. The third kappa shape index (κ3) is 3.90. The topological polar surface area (TPSA) is 35.2 Å². The number of rotatable bonds is 4. The summed E-state index contributed by atoms with van der Waals surface area (Å²) in [6.45, 7) is 0. The predicted octanol–water partition coefficient (Wildman–Crippen LogP) is 3.93. The van der Waals surface area contributed by atoms with Crippen molar-refractivity contribution in [2.75, 3.05) is 7.11 Å². The molecule has 2 nitrogen and oxygen atoms in total. The normalized spacial score (nSPS) is 24.6. The number of hydrogen-bond donors (Lipinski definition) is 1. The number of para-hydroxylation sites is 1. The number of hydrogen-bond acceptors (Lipinski definition) is 2. The summed E-state index contributed by atoms with van der Waals surface area (Å²) in [5, 5.41) is 0. The fourth-order valence-electron chi connectivity index (χ4n) is 3.36. The van der Waals surface area contributed by atoms with Crippen molar-refractivity contribution >= 4 is 0 Å². The highest BCUT2D eigenvalue weighted by atomic mass is 19.4. The second-order valence-corrected chi connectivity index (χ2v) is 5.78. The van der Waals surface area contributed by atoms with Crippen molar-refractivity contribution in [1.82, 2.24) is 0 Å². The van der Waals surface area contributed by atoms with Gasteiger partial charge in [0.05, 0.1) is 13.0 Å². The van der Waals surface area contributed by atoms with Crippen LogP contribution >= 0.6 is 0 Å². The lowest BCUT2D eigenvalue weighted by Crippen LogP contribution is -2.44. The van der Waals surface area contributed by atoms with Gasteiger partial charge in [0.1, 0.15) is 5.75 Å². The van der Waals surface area contributed by atoms with Crippen LogP contribution in [0, 0.1) is 11.8 Å². The summed E-state index contributed by atoms with van der Waals surface area (Å²) >= 11 is 0. The maximum absolute atomic E-state index is 13.2. The van der Waals surface area contributed by atoms with Gasteiger partial charge in [-0.05, 0) is 36.8 Å². The second kappa shape index (κ2) is 6.69. The molecule has 118 valence electrons. The van der Waals surface area contributed by atoms with Crippen molar-refractivity contribution in [1.29, 1.82) is 0 Å². The lowest BCUT2D eigenvalue weighted by atomic mass is 9.73. The van der Waals surface area contributed by atoms with Gasteiger partial charge in [-0.2, -0.15) is 13.2 Å². The summed E-state index contributed by atoms with van der Waals surface area (Å²) < 4.78 is 44.7. The molecule has 21 heavy (non-hydrogen) atoms. The number of alkyl halides is 3. The molecule has 5 heteroatoms. The summed E-state index contributed by atoms with van der Waals surface area (Å²) in [7, 11) is 1.56. The van der Waals surface area contributed by atoms with Gasteiger partial charge in [0.25, 0.3) is 0 Å². The minimum Gasteiger partial charge on any atom is -0.496 e. The van der Waals surface area contributed by atoms with Gasteiger partial charge in [-0.15, -0.1) is 0 Å². The standard InChI is InChI=1S/C16H22F3NO/c1-21-15-9-5-2-6-11(15)10-14(20)12-7-3-4-8-13(12)16(17,18)19/h2,5-6,9,12-14H,3-4,7-8,10,20H2,1H3. The average molecular weight is 301 g/mol. The summed E-state index contributed by atoms with van der Waals surface area (Å²) in [5.74, 6) is -1.08. The molecular formula is C16H22F3NO. The maximum atomic E-state index is 13.2. The summed E-state index contributed by atoms with van der Waals surface area (Å²) in [6, 6.07) is 6.88. The van der Waals surface area contributed by atoms with Crippen LogP contribution < -0.4 is 10.5 Å². The molecule has 0 aromatic heterocycles. The van der Waals surface area contributed by atoms with Crippen LogP contribution in [0.15, 0.2) is 24.3 Å². The van der Waals surface area contributed by atoms with Crippen molar-refractivity contribution < 1.29 is 17.9 Å². The summed E-state index contributed by atoms with van der Waals surface area (Å²) in [6.07, 6.45) is -1.50. The Morgan fingerprint density at radius 3 is 2.57 bits per heavy atom. The first-order valence-corrected chi connectivity index (χ1v) is 7.37. The van der Waals surface area contributed by atoms with E-state index in [0.29, 0.717) is 25.0 Å². The molecular weight excluding hydrogens is 279 g/mol. The third-order valence-corrected chi connectivity index (χ3v) is 4.44. The van der Waals surface area contributed by atoms with E-state index in [1.807, 2.05) is 24.3 Å². The number of benzene rings is 1. The van der Waals surface area contributed by atoms with Crippen LogP contribution in [0.1, 0.15) is 31.2 Å². The minimum absolute atomic E-state index is 0.202. The van der Waals surface area contributed by atoms with Crippen LogP contribution in [-0.4, -0.2) is 19.3 Å². The quantitative estimate of drug-likeness (QED) is 0.914. The zero-order valence-electron chi connectivity index (χ0n) is 12.2. The molecule has 3 atom stereocenters. The second-order valence-electron chi connectivity index (χ2n) is 5.78. The van der Waals surface area contributed by atoms with Gasteiger partial charge in [0.15, 0.2) is 0 Å². The minimum atomic E-state index is -4.15. The van der Waals surface area contributed by atoms with Gasteiger partial charge in [-0.3, -0.25) is 0 Å². The van der Waals surface area contributed by atoms with E-state index in [4.69, 9.17) is 10.5 Å². The molecule has 0 amide bonds. The van der Waals surface area contributed by atoms with Crippen molar-refractivity contribution in [3.63, 3.8) is 0 Å². The zero-order chi connectivity index (χ0) is 15.5.